The molecule has 5 heteroatoms. The number of aliphatic imine (C=N–C) groups is 1. The van der Waals surface area contributed by atoms with Crippen molar-refractivity contribution in [2.75, 3.05) is 6.61 Å². The quantitative estimate of drug-likeness (QED) is 0.454. The summed E-state index contributed by atoms with van der Waals surface area (Å²) < 4.78 is 4.90. The molecule has 0 aromatic heterocycles. The maximum atomic E-state index is 11.6. The fraction of sp³-hybridized carbons (Fsp3) is 0.273. The number of benzene rings is 1. The van der Waals surface area contributed by atoms with Gasteiger partial charge in [0.1, 0.15) is 0 Å². The lowest BCUT2D eigenvalue weighted by Gasteiger charge is -2.06. The van der Waals surface area contributed by atoms with Crippen molar-refractivity contribution in [2.45, 2.75) is 13.8 Å². The summed E-state index contributed by atoms with van der Waals surface area (Å²) in [6.07, 6.45) is 0. The topological polar surface area (TPSA) is 90.7 Å². The van der Waals surface area contributed by atoms with Crippen molar-refractivity contribution >= 4 is 17.6 Å². The highest BCUT2D eigenvalue weighted by atomic mass is 16.5. The summed E-state index contributed by atoms with van der Waals surface area (Å²) in [7, 11) is 0. The first kappa shape index (κ1) is 12.0. The first-order valence-electron chi connectivity index (χ1n) is 4.92. The van der Waals surface area contributed by atoms with Crippen molar-refractivity contribution in [2.24, 2.45) is 16.5 Å². The average molecular weight is 221 g/mol. The number of ether oxygens (including phenoxy) is 1. The molecule has 0 amide bonds. The molecule has 1 rings (SSSR count). The Morgan fingerprint density at radius 3 is 2.69 bits per heavy atom. The van der Waals surface area contributed by atoms with Gasteiger partial charge in [0.15, 0.2) is 5.96 Å². The number of rotatable bonds is 3. The van der Waals surface area contributed by atoms with Gasteiger partial charge in [-0.2, -0.15) is 0 Å². The van der Waals surface area contributed by atoms with Crippen molar-refractivity contribution in [1.82, 2.24) is 0 Å². The monoisotopic (exact) mass is 221 g/mol. The van der Waals surface area contributed by atoms with Crippen LogP contribution in [0.4, 0.5) is 5.69 Å². The van der Waals surface area contributed by atoms with Gasteiger partial charge in [-0.15, -0.1) is 0 Å². The molecule has 0 atom stereocenters. The zero-order valence-corrected chi connectivity index (χ0v) is 9.36. The summed E-state index contributed by atoms with van der Waals surface area (Å²) >= 11 is 0. The molecule has 0 fully saturated rings. The van der Waals surface area contributed by atoms with E-state index in [1.807, 2.05) is 6.92 Å². The van der Waals surface area contributed by atoms with E-state index in [4.69, 9.17) is 16.2 Å². The molecule has 0 aliphatic rings. The molecule has 86 valence electrons. The maximum absolute atomic E-state index is 11.6. The fourth-order valence-electron chi connectivity index (χ4n) is 1.25. The minimum absolute atomic E-state index is 0.0869. The van der Waals surface area contributed by atoms with E-state index in [-0.39, 0.29) is 5.96 Å². The van der Waals surface area contributed by atoms with Crippen molar-refractivity contribution in [3.05, 3.63) is 29.3 Å². The summed E-state index contributed by atoms with van der Waals surface area (Å²) in [6.45, 7) is 3.95. The lowest BCUT2D eigenvalue weighted by atomic mass is 10.1. The van der Waals surface area contributed by atoms with Crippen LogP contribution in [0, 0.1) is 6.92 Å². The Morgan fingerprint density at radius 2 is 2.12 bits per heavy atom. The van der Waals surface area contributed by atoms with Gasteiger partial charge in [0.2, 0.25) is 0 Å². The van der Waals surface area contributed by atoms with E-state index in [0.29, 0.717) is 17.9 Å². The number of nitrogens with two attached hydrogens (primary N) is 2. The summed E-state index contributed by atoms with van der Waals surface area (Å²) in [4.78, 5) is 15.5. The molecule has 4 N–H and O–H groups in total. The van der Waals surface area contributed by atoms with E-state index in [1.165, 1.54) is 0 Å². The van der Waals surface area contributed by atoms with Gasteiger partial charge in [-0.3, -0.25) is 0 Å². The summed E-state index contributed by atoms with van der Waals surface area (Å²) in [5, 5.41) is 0. The summed E-state index contributed by atoms with van der Waals surface area (Å²) in [5.41, 5.74) is 12.3. The van der Waals surface area contributed by atoms with Crippen LogP contribution < -0.4 is 11.5 Å². The molecule has 0 spiro atoms. The Bertz CT molecular complexity index is 423. The highest BCUT2D eigenvalue weighted by Gasteiger charge is 2.12. The Balaban J connectivity index is 3.17. The lowest BCUT2D eigenvalue weighted by molar-refractivity contribution is 0.0527. The number of aryl methyl sites for hydroxylation is 1. The normalized spacial score (nSPS) is 9.62. The van der Waals surface area contributed by atoms with E-state index in [1.54, 1.807) is 25.1 Å². The van der Waals surface area contributed by atoms with Gasteiger partial charge in [0.25, 0.3) is 0 Å². The Kier molecular flexibility index (Phi) is 3.88. The molecule has 0 radical (unpaired) electrons. The summed E-state index contributed by atoms with van der Waals surface area (Å²) in [6, 6.07) is 5.18. The van der Waals surface area contributed by atoms with Crippen molar-refractivity contribution in [3.8, 4) is 0 Å². The highest BCUT2D eigenvalue weighted by Crippen LogP contribution is 2.21. The fourth-order valence-corrected chi connectivity index (χ4v) is 1.25. The lowest BCUT2D eigenvalue weighted by Crippen LogP contribution is -2.22. The molecule has 16 heavy (non-hydrogen) atoms. The van der Waals surface area contributed by atoms with Gasteiger partial charge < -0.3 is 16.2 Å². The van der Waals surface area contributed by atoms with Crippen molar-refractivity contribution < 1.29 is 9.53 Å². The molecule has 5 nitrogen and oxygen atoms in total. The Hall–Kier alpha value is -2.04. The molecule has 0 unspecified atom stereocenters. The largest absolute Gasteiger partial charge is 0.462 e. The molecule has 0 aliphatic carbocycles. The molecule has 1 aromatic carbocycles. The van der Waals surface area contributed by atoms with Crippen LogP contribution in [0.5, 0.6) is 0 Å². The number of carbonyl (C=O) groups is 1. The van der Waals surface area contributed by atoms with E-state index in [2.05, 4.69) is 4.99 Å². The third kappa shape index (κ3) is 2.98. The molecular formula is C11H15N3O2. The molecule has 0 bridgehead atoms. The molecule has 0 heterocycles. The predicted molar refractivity (Wildman–Crippen MR) is 62.6 cm³/mol. The van der Waals surface area contributed by atoms with Gasteiger partial charge in [0.05, 0.1) is 17.9 Å². The third-order valence-electron chi connectivity index (χ3n) is 1.90. The number of nitrogens with zero attached hydrogens (tertiary/aromatic N) is 1. The number of carbonyl (C=O) groups excluding carboxylic acids is 1. The van der Waals surface area contributed by atoms with E-state index >= 15 is 0 Å². The molecular weight excluding hydrogens is 206 g/mol. The standard InChI is InChI=1S/C11H15N3O2/c1-3-16-10(15)8-5-4-7(2)6-9(8)14-11(12)13/h4-6H,3H2,1-2H3,(H4,12,13,14). The minimum atomic E-state index is -0.428. The maximum Gasteiger partial charge on any atom is 0.340 e. The van der Waals surface area contributed by atoms with E-state index in [9.17, 15) is 4.79 Å². The average Bonchev–Trinajstić information content (AvgIpc) is 2.16. The first-order chi connectivity index (χ1) is 7.54. The Labute approximate surface area is 94.1 Å². The van der Waals surface area contributed by atoms with E-state index in [0.717, 1.165) is 5.56 Å². The predicted octanol–water partition coefficient (Wildman–Crippen LogP) is 1.08. The second kappa shape index (κ2) is 5.16. The van der Waals surface area contributed by atoms with Crippen LogP contribution >= 0.6 is 0 Å². The van der Waals surface area contributed by atoms with Crippen LogP contribution in [0.1, 0.15) is 22.8 Å². The van der Waals surface area contributed by atoms with Gasteiger partial charge in [-0.05, 0) is 31.5 Å². The third-order valence-corrected chi connectivity index (χ3v) is 1.90. The van der Waals surface area contributed by atoms with Crippen molar-refractivity contribution in [3.63, 3.8) is 0 Å². The molecule has 0 saturated carbocycles. The van der Waals surface area contributed by atoms with Gasteiger partial charge >= 0.3 is 5.97 Å². The first-order valence-corrected chi connectivity index (χ1v) is 4.92. The zero-order chi connectivity index (χ0) is 12.1. The van der Waals surface area contributed by atoms with Crippen LogP contribution in [0.15, 0.2) is 23.2 Å². The van der Waals surface area contributed by atoms with Crippen LogP contribution in [-0.2, 0) is 4.74 Å². The molecule has 0 aliphatic heterocycles. The zero-order valence-electron chi connectivity index (χ0n) is 9.36. The van der Waals surface area contributed by atoms with Gasteiger partial charge in [-0.1, -0.05) is 6.07 Å². The van der Waals surface area contributed by atoms with Crippen LogP contribution in [0.3, 0.4) is 0 Å². The van der Waals surface area contributed by atoms with E-state index < -0.39 is 5.97 Å². The van der Waals surface area contributed by atoms with Crippen LogP contribution in [0.2, 0.25) is 0 Å². The second-order valence-corrected chi connectivity index (χ2v) is 3.28. The van der Waals surface area contributed by atoms with Gasteiger partial charge in [-0.25, -0.2) is 9.79 Å². The second-order valence-electron chi connectivity index (χ2n) is 3.28. The number of esters is 1. The van der Waals surface area contributed by atoms with Gasteiger partial charge in [0, 0.05) is 0 Å². The molecule has 0 saturated heterocycles. The number of guanidine groups is 1. The van der Waals surface area contributed by atoms with Crippen LogP contribution in [-0.4, -0.2) is 18.5 Å². The minimum Gasteiger partial charge on any atom is -0.462 e. The Morgan fingerprint density at radius 1 is 1.44 bits per heavy atom. The number of hydrogen-bond acceptors (Lipinski definition) is 3. The highest BCUT2D eigenvalue weighted by molar-refractivity contribution is 5.96. The molecule has 1 aromatic rings. The van der Waals surface area contributed by atoms with Crippen LogP contribution in [0.25, 0.3) is 0 Å². The SMILES string of the molecule is CCOC(=O)c1ccc(C)cc1N=C(N)N. The summed E-state index contributed by atoms with van der Waals surface area (Å²) in [5.74, 6) is -0.515. The van der Waals surface area contributed by atoms with Crippen molar-refractivity contribution in [1.29, 1.82) is 0 Å². The smallest absolute Gasteiger partial charge is 0.340 e. The number of hydrogen-bond donors (Lipinski definition) is 2.